The van der Waals surface area contributed by atoms with Crippen LogP contribution in [0.5, 0.6) is 5.75 Å². The van der Waals surface area contributed by atoms with E-state index in [4.69, 9.17) is 10.5 Å². The number of carbonyl (C=O) groups excluding carboxylic acids is 1. The topological polar surface area (TPSA) is 98.5 Å². The van der Waals surface area contributed by atoms with Crippen LogP contribution in [0.1, 0.15) is 24.8 Å². The highest BCUT2D eigenvalue weighted by Crippen LogP contribution is 2.26. The van der Waals surface area contributed by atoms with Gasteiger partial charge in [-0.1, -0.05) is 60.5 Å². The van der Waals surface area contributed by atoms with Gasteiger partial charge in [0.15, 0.2) is 0 Å². The second-order valence-corrected chi connectivity index (χ2v) is 8.88. The summed E-state index contributed by atoms with van der Waals surface area (Å²) >= 11 is 0. The van der Waals surface area contributed by atoms with E-state index in [1.165, 1.54) is 12.1 Å². The average molecular weight is 427 g/mol. The quantitative estimate of drug-likeness (QED) is 0.310. The Hall–Kier alpha value is -2.74. The van der Waals surface area contributed by atoms with Crippen LogP contribution in [0.4, 0.5) is 0 Å². The third-order valence-corrected chi connectivity index (χ3v) is 6.31. The van der Waals surface area contributed by atoms with E-state index in [0.717, 1.165) is 16.3 Å². The number of nitrogens with one attached hydrogen (secondary N) is 1. The number of hydrogen-bond donors (Lipinski definition) is 2. The SMILES string of the molecule is Cc1ccc(S(=O)(=O)NC(CCCCN)C(=O)Oc2cccc3ccccc23)cc1. The number of hydrogen-bond acceptors (Lipinski definition) is 5. The lowest BCUT2D eigenvalue weighted by atomic mass is 10.1. The Morgan fingerprint density at radius 2 is 1.70 bits per heavy atom. The van der Waals surface area contributed by atoms with Gasteiger partial charge in [0.05, 0.1) is 4.90 Å². The van der Waals surface area contributed by atoms with Gasteiger partial charge in [0.25, 0.3) is 0 Å². The summed E-state index contributed by atoms with van der Waals surface area (Å²) in [6, 6.07) is 18.4. The first-order valence-electron chi connectivity index (χ1n) is 9.89. The number of carbonyl (C=O) groups is 1. The molecule has 3 rings (SSSR count). The fourth-order valence-electron chi connectivity index (χ4n) is 3.15. The molecule has 0 saturated heterocycles. The highest BCUT2D eigenvalue weighted by atomic mass is 32.2. The first-order chi connectivity index (χ1) is 14.4. The summed E-state index contributed by atoms with van der Waals surface area (Å²) in [5.74, 6) is -0.240. The fraction of sp³-hybridized carbons (Fsp3) is 0.261. The minimum Gasteiger partial charge on any atom is -0.425 e. The number of fused-ring (bicyclic) bond motifs is 1. The summed E-state index contributed by atoms with van der Waals surface area (Å²) in [5, 5.41) is 1.72. The second-order valence-electron chi connectivity index (χ2n) is 7.17. The third kappa shape index (κ3) is 5.44. The Balaban J connectivity index is 1.83. The third-order valence-electron chi connectivity index (χ3n) is 4.82. The lowest BCUT2D eigenvalue weighted by Crippen LogP contribution is -2.43. The van der Waals surface area contributed by atoms with Gasteiger partial charge in [0, 0.05) is 5.39 Å². The molecule has 6 nitrogen and oxygen atoms in total. The molecule has 1 atom stereocenters. The predicted octanol–water partition coefficient (Wildman–Crippen LogP) is 3.53. The van der Waals surface area contributed by atoms with Crippen molar-refractivity contribution in [3.63, 3.8) is 0 Å². The maximum Gasteiger partial charge on any atom is 0.329 e. The van der Waals surface area contributed by atoms with Crippen LogP contribution in [0.2, 0.25) is 0 Å². The Morgan fingerprint density at radius 3 is 2.43 bits per heavy atom. The standard InChI is InChI=1S/C23H26N2O4S/c1-17-12-14-19(15-13-17)30(27,28)25-21(10-4-5-16-24)23(26)29-22-11-6-8-18-7-2-3-9-20(18)22/h2-3,6-9,11-15,21,25H,4-5,10,16,24H2,1H3. The zero-order chi connectivity index (χ0) is 21.6. The zero-order valence-corrected chi connectivity index (χ0v) is 17.7. The van der Waals surface area contributed by atoms with Crippen molar-refractivity contribution in [3.8, 4) is 5.75 Å². The van der Waals surface area contributed by atoms with Crippen molar-refractivity contribution in [3.05, 3.63) is 72.3 Å². The van der Waals surface area contributed by atoms with Gasteiger partial charge in [-0.05, 0) is 49.9 Å². The van der Waals surface area contributed by atoms with Gasteiger partial charge in [-0.3, -0.25) is 0 Å². The normalized spacial score (nSPS) is 12.6. The van der Waals surface area contributed by atoms with Crippen molar-refractivity contribution >= 4 is 26.8 Å². The molecule has 3 N–H and O–H groups in total. The van der Waals surface area contributed by atoms with Crippen LogP contribution in [-0.4, -0.2) is 27.0 Å². The van der Waals surface area contributed by atoms with E-state index in [0.29, 0.717) is 31.6 Å². The molecule has 0 saturated carbocycles. The van der Waals surface area contributed by atoms with Crippen molar-refractivity contribution in [1.82, 2.24) is 4.72 Å². The van der Waals surface area contributed by atoms with Crippen molar-refractivity contribution < 1.29 is 17.9 Å². The van der Waals surface area contributed by atoms with Crippen LogP contribution in [-0.2, 0) is 14.8 Å². The average Bonchev–Trinajstić information content (AvgIpc) is 2.73. The molecule has 1 unspecified atom stereocenters. The minimum absolute atomic E-state index is 0.106. The Kier molecular flexibility index (Phi) is 7.20. The molecule has 0 aliphatic rings. The summed E-state index contributed by atoms with van der Waals surface area (Å²) in [6.07, 6.45) is 1.58. The van der Waals surface area contributed by atoms with E-state index < -0.39 is 22.0 Å². The Bertz CT molecular complexity index is 1110. The van der Waals surface area contributed by atoms with E-state index >= 15 is 0 Å². The number of nitrogens with two attached hydrogens (primary N) is 1. The second kappa shape index (κ2) is 9.84. The van der Waals surface area contributed by atoms with Gasteiger partial charge in [-0.2, -0.15) is 4.72 Å². The number of benzene rings is 3. The number of unbranched alkanes of at least 4 members (excludes halogenated alkanes) is 1. The van der Waals surface area contributed by atoms with Crippen LogP contribution < -0.4 is 15.2 Å². The van der Waals surface area contributed by atoms with Crippen LogP contribution >= 0.6 is 0 Å². The molecule has 0 aromatic heterocycles. The van der Waals surface area contributed by atoms with Crippen molar-refractivity contribution in [2.45, 2.75) is 37.1 Å². The molecule has 0 bridgehead atoms. The molecular weight excluding hydrogens is 400 g/mol. The van der Waals surface area contributed by atoms with Crippen LogP contribution in [0, 0.1) is 6.92 Å². The van der Waals surface area contributed by atoms with E-state index in [-0.39, 0.29) is 4.90 Å². The van der Waals surface area contributed by atoms with E-state index in [1.54, 1.807) is 24.3 Å². The van der Waals surface area contributed by atoms with E-state index in [1.807, 2.05) is 37.3 Å². The Labute approximate surface area is 177 Å². The molecule has 0 fully saturated rings. The molecule has 0 aliphatic carbocycles. The molecule has 158 valence electrons. The summed E-state index contributed by atoms with van der Waals surface area (Å²) in [5.41, 5.74) is 6.50. The number of sulfonamides is 1. The van der Waals surface area contributed by atoms with Crippen molar-refractivity contribution in [1.29, 1.82) is 0 Å². The van der Waals surface area contributed by atoms with Crippen LogP contribution in [0.25, 0.3) is 10.8 Å². The van der Waals surface area contributed by atoms with Gasteiger partial charge in [0.1, 0.15) is 11.8 Å². The summed E-state index contributed by atoms with van der Waals surface area (Å²) in [7, 11) is -3.88. The highest BCUT2D eigenvalue weighted by molar-refractivity contribution is 7.89. The lowest BCUT2D eigenvalue weighted by Gasteiger charge is -2.18. The maximum atomic E-state index is 12.9. The summed E-state index contributed by atoms with van der Waals surface area (Å²) in [4.78, 5) is 13.0. The molecule has 0 aliphatic heterocycles. The molecular formula is C23H26N2O4S. The molecule has 0 spiro atoms. The fourth-order valence-corrected chi connectivity index (χ4v) is 4.37. The highest BCUT2D eigenvalue weighted by Gasteiger charge is 2.27. The molecule has 3 aromatic carbocycles. The maximum absolute atomic E-state index is 12.9. The van der Waals surface area contributed by atoms with E-state index in [2.05, 4.69) is 4.72 Å². The molecule has 0 radical (unpaired) electrons. The van der Waals surface area contributed by atoms with Crippen LogP contribution in [0.15, 0.2) is 71.6 Å². The summed E-state index contributed by atoms with van der Waals surface area (Å²) < 4.78 is 33.8. The van der Waals surface area contributed by atoms with Crippen LogP contribution in [0.3, 0.4) is 0 Å². The van der Waals surface area contributed by atoms with Crippen molar-refractivity contribution in [2.75, 3.05) is 6.54 Å². The van der Waals surface area contributed by atoms with Gasteiger partial charge in [-0.15, -0.1) is 0 Å². The van der Waals surface area contributed by atoms with Gasteiger partial charge < -0.3 is 10.5 Å². The molecule has 0 heterocycles. The zero-order valence-electron chi connectivity index (χ0n) is 16.9. The number of rotatable bonds is 9. The molecule has 30 heavy (non-hydrogen) atoms. The monoisotopic (exact) mass is 426 g/mol. The minimum atomic E-state index is -3.88. The Morgan fingerprint density at radius 1 is 1.00 bits per heavy atom. The predicted molar refractivity (Wildman–Crippen MR) is 118 cm³/mol. The number of esters is 1. The van der Waals surface area contributed by atoms with Gasteiger partial charge in [0.2, 0.25) is 10.0 Å². The van der Waals surface area contributed by atoms with Gasteiger partial charge >= 0.3 is 5.97 Å². The largest absolute Gasteiger partial charge is 0.425 e. The summed E-state index contributed by atoms with van der Waals surface area (Å²) in [6.45, 7) is 2.34. The number of ether oxygens (including phenoxy) is 1. The first-order valence-corrected chi connectivity index (χ1v) is 11.4. The first kappa shape index (κ1) is 22.0. The smallest absolute Gasteiger partial charge is 0.329 e. The van der Waals surface area contributed by atoms with Crippen molar-refractivity contribution in [2.24, 2.45) is 5.73 Å². The molecule has 7 heteroatoms. The van der Waals surface area contributed by atoms with Gasteiger partial charge in [-0.25, -0.2) is 13.2 Å². The number of aryl methyl sites for hydroxylation is 1. The van der Waals surface area contributed by atoms with E-state index in [9.17, 15) is 13.2 Å². The molecule has 0 amide bonds. The molecule has 3 aromatic rings. The lowest BCUT2D eigenvalue weighted by molar-refractivity contribution is -0.136.